The molecule has 0 radical (unpaired) electrons. The molecule has 0 N–H and O–H groups in total. The number of hydrogen-bond donors (Lipinski definition) is 0. The van der Waals surface area contributed by atoms with E-state index in [2.05, 4.69) is 94.5 Å². The Bertz CT molecular complexity index is 1210. The van der Waals surface area contributed by atoms with Gasteiger partial charge in [0.25, 0.3) is 0 Å². The molecule has 0 saturated heterocycles. The zero-order valence-electron chi connectivity index (χ0n) is 22.9. The maximum Gasteiger partial charge on any atom is 0.0281 e. The van der Waals surface area contributed by atoms with Crippen LogP contribution in [0.25, 0.3) is 5.57 Å². The summed E-state index contributed by atoms with van der Waals surface area (Å²) >= 11 is 0. The van der Waals surface area contributed by atoms with Crippen LogP contribution in [0.3, 0.4) is 0 Å². The third-order valence-electron chi connectivity index (χ3n) is 9.17. The number of fused-ring (bicyclic) bond motifs is 2. The SMILES string of the molecule is CCC(C)CCC(CC)Cc1ccc(CC2=CC=C(c3ccc4c(c3)CCC4)C3C=CC=C23)cc1C. The monoisotopic (exact) mass is 476 g/mol. The third-order valence-corrected chi connectivity index (χ3v) is 9.17. The number of allylic oxidation sites excluding steroid dienone is 8. The minimum Gasteiger partial charge on any atom is -0.0726 e. The first kappa shape index (κ1) is 25.1. The molecule has 0 aliphatic heterocycles. The minimum absolute atomic E-state index is 0.403. The largest absolute Gasteiger partial charge is 0.0726 e. The van der Waals surface area contributed by atoms with Gasteiger partial charge in [0.2, 0.25) is 0 Å². The summed E-state index contributed by atoms with van der Waals surface area (Å²) in [5.74, 6) is 2.07. The second kappa shape index (κ2) is 11.2. The van der Waals surface area contributed by atoms with Gasteiger partial charge in [-0.1, -0.05) is 107 Å². The molecule has 0 saturated carbocycles. The highest BCUT2D eigenvalue weighted by Crippen LogP contribution is 2.42. The Labute approximate surface area is 219 Å². The van der Waals surface area contributed by atoms with E-state index in [-0.39, 0.29) is 0 Å². The van der Waals surface area contributed by atoms with Gasteiger partial charge in [0.15, 0.2) is 0 Å². The fourth-order valence-electron chi connectivity index (χ4n) is 6.44. The first-order valence-corrected chi connectivity index (χ1v) is 14.6. The topological polar surface area (TPSA) is 0 Å². The number of aryl methyl sites for hydroxylation is 3. The lowest BCUT2D eigenvalue weighted by Gasteiger charge is -2.25. The molecule has 0 heterocycles. The van der Waals surface area contributed by atoms with Gasteiger partial charge in [0, 0.05) is 5.92 Å². The highest BCUT2D eigenvalue weighted by Gasteiger charge is 2.26. The van der Waals surface area contributed by atoms with E-state index in [1.54, 1.807) is 16.7 Å². The van der Waals surface area contributed by atoms with Crippen LogP contribution in [-0.4, -0.2) is 0 Å². The number of hydrogen-bond acceptors (Lipinski definition) is 0. The summed E-state index contributed by atoms with van der Waals surface area (Å²) in [6.45, 7) is 9.40. The molecular formula is C36H44. The van der Waals surface area contributed by atoms with E-state index >= 15 is 0 Å². The molecule has 3 aliphatic rings. The molecule has 0 nitrogen and oxygen atoms in total. The Kier molecular flexibility index (Phi) is 7.80. The van der Waals surface area contributed by atoms with Crippen LogP contribution in [0.4, 0.5) is 0 Å². The van der Waals surface area contributed by atoms with Gasteiger partial charge < -0.3 is 0 Å². The smallest absolute Gasteiger partial charge is 0.0281 e. The van der Waals surface area contributed by atoms with Crippen molar-refractivity contribution in [1.29, 1.82) is 0 Å². The normalized spacial score (nSPS) is 19.9. The Morgan fingerprint density at radius 1 is 0.861 bits per heavy atom. The number of benzene rings is 2. The number of rotatable bonds is 10. The molecule has 0 fully saturated rings. The van der Waals surface area contributed by atoms with Gasteiger partial charge >= 0.3 is 0 Å². The fourth-order valence-corrected chi connectivity index (χ4v) is 6.44. The van der Waals surface area contributed by atoms with E-state index in [9.17, 15) is 0 Å². The average molecular weight is 477 g/mol. The van der Waals surface area contributed by atoms with Crippen LogP contribution in [-0.2, 0) is 25.7 Å². The van der Waals surface area contributed by atoms with Crippen molar-refractivity contribution >= 4 is 5.57 Å². The summed E-state index contributed by atoms with van der Waals surface area (Å²) in [5.41, 5.74) is 13.4. The first-order valence-electron chi connectivity index (χ1n) is 14.6. The van der Waals surface area contributed by atoms with E-state index in [1.165, 1.54) is 84.8 Å². The quantitative estimate of drug-likeness (QED) is 0.320. The summed E-state index contributed by atoms with van der Waals surface area (Å²) in [6, 6.07) is 14.5. The Hall–Kier alpha value is -2.60. The average Bonchev–Trinajstić information content (AvgIpc) is 3.57. The summed E-state index contributed by atoms with van der Waals surface area (Å²) in [5, 5.41) is 0. The molecule has 0 aromatic heterocycles. The van der Waals surface area contributed by atoms with Crippen molar-refractivity contribution in [2.75, 3.05) is 0 Å². The molecular weight excluding hydrogens is 432 g/mol. The Morgan fingerprint density at radius 2 is 1.72 bits per heavy atom. The second-order valence-corrected chi connectivity index (χ2v) is 11.6. The highest BCUT2D eigenvalue weighted by molar-refractivity contribution is 5.79. The predicted molar refractivity (Wildman–Crippen MR) is 156 cm³/mol. The van der Waals surface area contributed by atoms with Gasteiger partial charge in [0.1, 0.15) is 0 Å². The van der Waals surface area contributed by atoms with Crippen LogP contribution in [0.15, 0.2) is 77.9 Å². The van der Waals surface area contributed by atoms with Crippen LogP contribution in [0, 0.1) is 24.7 Å². The first-order chi connectivity index (χ1) is 17.6. The molecule has 2 aromatic rings. The van der Waals surface area contributed by atoms with E-state index in [0.29, 0.717) is 5.92 Å². The zero-order valence-corrected chi connectivity index (χ0v) is 22.9. The van der Waals surface area contributed by atoms with Crippen molar-refractivity contribution in [3.05, 3.63) is 111 Å². The third kappa shape index (κ3) is 5.39. The van der Waals surface area contributed by atoms with E-state index < -0.39 is 0 Å². The summed E-state index contributed by atoms with van der Waals surface area (Å²) < 4.78 is 0. The van der Waals surface area contributed by atoms with Crippen molar-refractivity contribution < 1.29 is 0 Å². The van der Waals surface area contributed by atoms with Gasteiger partial charge in [-0.15, -0.1) is 0 Å². The Balaban J connectivity index is 1.30. The molecule has 0 heteroatoms. The van der Waals surface area contributed by atoms with Crippen LogP contribution in [0.2, 0.25) is 0 Å². The molecule has 188 valence electrons. The maximum absolute atomic E-state index is 2.46. The lowest BCUT2D eigenvalue weighted by Crippen LogP contribution is -2.10. The molecule has 3 atom stereocenters. The van der Waals surface area contributed by atoms with Gasteiger partial charge in [0.05, 0.1) is 0 Å². The minimum atomic E-state index is 0.403. The molecule has 0 bridgehead atoms. The van der Waals surface area contributed by atoms with Crippen LogP contribution in [0.1, 0.15) is 86.3 Å². The maximum atomic E-state index is 2.46. The molecule has 5 rings (SSSR count). The van der Waals surface area contributed by atoms with Gasteiger partial charge in [-0.2, -0.15) is 0 Å². The summed E-state index contributed by atoms with van der Waals surface area (Å²) in [7, 11) is 0. The van der Waals surface area contributed by atoms with Crippen LogP contribution >= 0.6 is 0 Å². The molecule has 3 aliphatic carbocycles. The van der Waals surface area contributed by atoms with Crippen molar-refractivity contribution in [2.24, 2.45) is 17.8 Å². The molecule has 3 unspecified atom stereocenters. The van der Waals surface area contributed by atoms with Crippen molar-refractivity contribution in [2.45, 2.75) is 85.5 Å². The summed E-state index contributed by atoms with van der Waals surface area (Å²) in [6.07, 6.45) is 23.2. The lowest BCUT2D eigenvalue weighted by atomic mass is 9.79. The van der Waals surface area contributed by atoms with Crippen molar-refractivity contribution in [3.8, 4) is 0 Å². The van der Waals surface area contributed by atoms with Crippen LogP contribution < -0.4 is 0 Å². The molecule has 2 aromatic carbocycles. The van der Waals surface area contributed by atoms with E-state index in [4.69, 9.17) is 0 Å². The summed E-state index contributed by atoms with van der Waals surface area (Å²) in [4.78, 5) is 0. The van der Waals surface area contributed by atoms with Gasteiger partial charge in [-0.25, -0.2) is 0 Å². The Morgan fingerprint density at radius 3 is 2.53 bits per heavy atom. The molecule has 0 amide bonds. The molecule has 36 heavy (non-hydrogen) atoms. The van der Waals surface area contributed by atoms with E-state index in [0.717, 1.165) is 18.3 Å². The zero-order chi connectivity index (χ0) is 25.1. The second-order valence-electron chi connectivity index (χ2n) is 11.6. The van der Waals surface area contributed by atoms with Gasteiger partial charge in [-0.05, 0) is 107 Å². The fraction of sp³-hybridized carbons (Fsp3) is 0.444. The van der Waals surface area contributed by atoms with Crippen molar-refractivity contribution in [1.82, 2.24) is 0 Å². The van der Waals surface area contributed by atoms with Crippen molar-refractivity contribution in [3.63, 3.8) is 0 Å². The highest BCUT2D eigenvalue weighted by atomic mass is 14.3. The lowest BCUT2D eigenvalue weighted by molar-refractivity contribution is 0.391. The predicted octanol–water partition coefficient (Wildman–Crippen LogP) is 9.56. The van der Waals surface area contributed by atoms with E-state index in [1.807, 2.05) is 0 Å². The van der Waals surface area contributed by atoms with Gasteiger partial charge in [-0.3, -0.25) is 0 Å². The van der Waals surface area contributed by atoms with Crippen LogP contribution in [0.5, 0.6) is 0 Å². The standard InChI is InChI=1S/C36H44/c1-5-25(3)13-14-27(6-2)22-30-16-15-28(21-26(30)4)23-32-19-20-35(36-12-8-11-34(32)36)33-18-17-29-9-7-10-31(29)24-33/h8,11-12,15-21,24-25,27,36H,5-7,9-10,13-14,22-23H2,1-4H3. The molecule has 0 spiro atoms.